The minimum Gasteiger partial charge on any atom is -0.466 e. The summed E-state index contributed by atoms with van der Waals surface area (Å²) < 4.78 is 7.04. The summed E-state index contributed by atoms with van der Waals surface area (Å²) in [5, 5.41) is 3.15. The van der Waals surface area contributed by atoms with Crippen LogP contribution in [0.15, 0.2) is 23.7 Å². The fourth-order valence-corrected chi connectivity index (χ4v) is 2.74. The molecule has 0 spiro atoms. The number of imidazole rings is 1. The minimum atomic E-state index is -0.177. The predicted molar refractivity (Wildman–Crippen MR) is 84.1 cm³/mol. The average molecular weight is 315 g/mol. The number of esters is 1. The van der Waals surface area contributed by atoms with Crippen molar-refractivity contribution in [2.45, 2.75) is 45.1 Å². The molecule has 7 heteroatoms. The van der Waals surface area contributed by atoms with E-state index in [1.165, 1.54) is 18.4 Å². The molecule has 0 radical (unpaired) electrons. The zero-order valence-corrected chi connectivity index (χ0v) is 13.2. The Morgan fingerprint density at radius 3 is 3.04 bits per heavy atom. The fraction of sp³-hybridized carbons (Fsp3) is 0.500. The molecule has 122 valence electrons. The van der Waals surface area contributed by atoms with Crippen molar-refractivity contribution < 1.29 is 9.53 Å². The van der Waals surface area contributed by atoms with E-state index < -0.39 is 0 Å². The van der Waals surface area contributed by atoms with Gasteiger partial charge in [0.2, 0.25) is 0 Å². The van der Waals surface area contributed by atoms with E-state index in [1.54, 1.807) is 0 Å². The topological polar surface area (TPSA) is 91.8 Å². The van der Waals surface area contributed by atoms with E-state index >= 15 is 0 Å². The highest BCUT2D eigenvalue weighted by atomic mass is 16.5. The highest BCUT2D eigenvalue weighted by molar-refractivity contribution is 5.70. The quantitative estimate of drug-likeness (QED) is 0.445. The van der Waals surface area contributed by atoms with Gasteiger partial charge in [-0.25, -0.2) is 4.98 Å². The third-order valence-electron chi connectivity index (χ3n) is 3.99. The highest BCUT2D eigenvalue weighted by Gasteiger charge is 2.25. The summed E-state index contributed by atoms with van der Waals surface area (Å²) in [6, 6.07) is 2.17. The SMILES string of the molecule is CCOC(=O)CCc1cc(C2CC2)cn2cc(CNN=N)nc12. The van der Waals surface area contributed by atoms with Gasteiger partial charge in [-0.05, 0) is 43.2 Å². The van der Waals surface area contributed by atoms with Gasteiger partial charge in [-0.2, -0.15) is 5.53 Å². The lowest BCUT2D eigenvalue weighted by Gasteiger charge is -2.07. The van der Waals surface area contributed by atoms with Crippen molar-refractivity contribution in [2.24, 2.45) is 5.22 Å². The number of hydrogen-bond donors (Lipinski definition) is 2. The summed E-state index contributed by atoms with van der Waals surface area (Å²) in [4.78, 5) is 16.2. The molecule has 0 atom stereocenters. The van der Waals surface area contributed by atoms with Crippen molar-refractivity contribution in [3.05, 3.63) is 35.3 Å². The number of aromatic nitrogens is 2. The Morgan fingerprint density at radius 2 is 2.35 bits per heavy atom. The van der Waals surface area contributed by atoms with Gasteiger partial charge in [0.1, 0.15) is 5.65 Å². The molecule has 3 rings (SSSR count). The molecular weight excluding hydrogens is 294 g/mol. The van der Waals surface area contributed by atoms with E-state index in [0.29, 0.717) is 31.9 Å². The van der Waals surface area contributed by atoms with Crippen LogP contribution in [0.5, 0.6) is 0 Å². The molecule has 2 aromatic heterocycles. The molecule has 1 aliphatic carbocycles. The van der Waals surface area contributed by atoms with Crippen LogP contribution in [-0.2, 0) is 22.5 Å². The second kappa shape index (κ2) is 6.76. The summed E-state index contributed by atoms with van der Waals surface area (Å²) >= 11 is 0. The first-order valence-corrected chi connectivity index (χ1v) is 7.96. The van der Waals surface area contributed by atoms with Crippen LogP contribution >= 0.6 is 0 Å². The van der Waals surface area contributed by atoms with E-state index in [1.807, 2.05) is 17.5 Å². The van der Waals surface area contributed by atoms with Gasteiger partial charge in [-0.1, -0.05) is 11.3 Å². The second-order valence-corrected chi connectivity index (χ2v) is 5.79. The lowest BCUT2D eigenvalue weighted by molar-refractivity contribution is -0.143. The van der Waals surface area contributed by atoms with Crippen LogP contribution < -0.4 is 5.43 Å². The number of carbonyl (C=O) groups excluding carboxylic acids is 1. The van der Waals surface area contributed by atoms with Crippen LogP contribution in [0.4, 0.5) is 0 Å². The molecule has 0 aromatic carbocycles. The van der Waals surface area contributed by atoms with E-state index in [4.69, 9.17) is 10.3 Å². The van der Waals surface area contributed by atoms with Gasteiger partial charge in [0, 0.05) is 18.8 Å². The largest absolute Gasteiger partial charge is 0.466 e. The van der Waals surface area contributed by atoms with Crippen molar-refractivity contribution in [3.63, 3.8) is 0 Å². The van der Waals surface area contributed by atoms with Gasteiger partial charge in [-0.15, -0.1) is 0 Å². The summed E-state index contributed by atoms with van der Waals surface area (Å²) in [6.07, 6.45) is 7.51. The van der Waals surface area contributed by atoms with E-state index in [9.17, 15) is 4.79 Å². The van der Waals surface area contributed by atoms with Gasteiger partial charge in [-0.3, -0.25) is 10.2 Å². The zero-order valence-electron chi connectivity index (χ0n) is 13.2. The first-order valence-electron chi connectivity index (χ1n) is 7.96. The fourth-order valence-electron chi connectivity index (χ4n) is 2.74. The predicted octanol–water partition coefficient (Wildman–Crippen LogP) is 2.74. The molecule has 1 fully saturated rings. The van der Waals surface area contributed by atoms with Crippen molar-refractivity contribution in [1.82, 2.24) is 14.8 Å². The number of nitrogens with one attached hydrogen (secondary N) is 2. The number of aryl methyl sites for hydroxylation is 1. The lowest BCUT2D eigenvalue weighted by Crippen LogP contribution is -2.06. The maximum atomic E-state index is 11.6. The van der Waals surface area contributed by atoms with Crippen molar-refractivity contribution in [2.75, 3.05) is 6.61 Å². The Balaban J connectivity index is 1.87. The third-order valence-corrected chi connectivity index (χ3v) is 3.99. The minimum absolute atomic E-state index is 0.177. The van der Waals surface area contributed by atoms with E-state index in [0.717, 1.165) is 16.9 Å². The van der Waals surface area contributed by atoms with E-state index in [-0.39, 0.29) is 5.97 Å². The molecule has 0 saturated heterocycles. The number of pyridine rings is 1. The molecule has 1 aliphatic rings. The summed E-state index contributed by atoms with van der Waals surface area (Å²) in [6.45, 7) is 2.64. The van der Waals surface area contributed by atoms with Gasteiger partial charge in [0.05, 0.1) is 18.8 Å². The Bertz CT molecular complexity index is 721. The maximum absolute atomic E-state index is 11.6. The lowest BCUT2D eigenvalue weighted by atomic mass is 10.1. The van der Waals surface area contributed by atoms with Crippen LogP contribution in [0.1, 0.15) is 48.9 Å². The van der Waals surface area contributed by atoms with Gasteiger partial charge in [0.25, 0.3) is 0 Å². The summed E-state index contributed by atoms with van der Waals surface area (Å²) in [7, 11) is 0. The van der Waals surface area contributed by atoms with Gasteiger partial charge in [0.15, 0.2) is 0 Å². The van der Waals surface area contributed by atoms with Crippen LogP contribution in [0.3, 0.4) is 0 Å². The Morgan fingerprint density at radius 1 is 1.52 bits per heavy atom. The Kier molecular flexibility index (Phi) is 4.55. The molecule has 2 aromatic rings. The number of nitrogens with zero attached hydrogens (tertiary/aromatic N) is 3. The Hall–Kier alpha value is -2.44. The Labute approximate surface area is 134 Å². The standard InChI is InChI=1S/C16H21N5O2/c1-2-23-15(22)6-5-12-7-13(11-3-4-11)9-21-10-14(8-18-20-17)19-16(12)21/h7,9-11H,2-6,8H2,1H3,(H2,17,18). The molecule has 0 bridgehead atoms. The second-order valence-electron chi connectivity index (χ2n) is 5.79. The number of rotatable bonds is 8. The van der Waals surface area contributed by atoms with E-state index in [2.05, 4.69) is 27.9 Å². The first kappa shape index (κ1) is 15.5. The smallest absolute Gasteiger partial charge is 0.306 e. The van der Waals surface area contributed by atoms with Crippen molar-refractivity contribution >= 4 is 11.6 Å². The number of ether oxygens (including phenoxy) is 1. The first-order chi connectivity index (χ1) is 11.2. The normalized spacial score (nSPS) is 14.0. The average Bonchev–Trinajstić information content (AvgIpc) is 3.30. The highest BCUT2D eigenvalue weighted by Crippen LogP contribution is 2.40. The van der Waals surface area contributed by atoms with Crippen molar-refractivity contribution in [3.8, 4) is 0 Å². The molecule has 0 unspecified atom stereocenters. The van der Waals surface area contributed by atoms with Gasteiger partial charge >= 0.3 is 5.97 Å². The summed E-state index contributed by atoms with van der Waals surface area (Å²) in [5.41, 5.74) is 13.5. The molecule has 23 heavy (non-hydrogen) atoms. The molecule has 0 aliphatic heterocycles. The van der Waals surface area contributed by atoms with Crippen LogP contribution in [0.25, 0.3) is 5.65 Å². The number of hydrogen-bond acceptors (Lipinski definition) is 5. The number of carbonyl (C=O) groups is 1. The van der Waals surface area contributed by atoms with Crippen LogP contribution in [-0.4, -0.2) is 22.0 Å². The van der Waals surface area contributed by atoms with Crippen LogP contribution in [0, 0.1) is 5.53 Å². The molecule has 0 amide bonds. The molecule has 7 nitrogen and oxygen atoms in total. The maximum Gasteiger partial charge on any atom is 0.306 e. The summed E-state index contributed by atoms with van der Waals surface area (Å²) in [5.74, 6) is 0.455. The molecule has 2 N–H and O–H groups in total. The molecular formula is C16H21N5O2. The number of fused-ring (bicyclic) bond motifs is 1. The van der Waals surface area contributed by atoms with Crippen LogP contribution in [0.2, 0.25) is 0 Å². The van der Waals surface area contributed by atoms with Crippen molar-refractivity contribution in [1.29, 1.82) is 5.53 Å². The monoisotopic (exact) mass is 315 g/mol. The molecule has 2 heterocycles. The third kappa shape index (κ3) is 3.67. The van der Waals surface area contributed by atoms with Gasteiger partial charge < -0.3 is 9.14 Å². The molecule has 1 saturated carbocycles. The zero-order chi connectivity index (χ0) is 16.2.